The number of aromatic nitrogens is 2. The van der Waals surface area contributed by atoms with Crippen molar-refractivity contribution in [1.29, 1.82) is 5.26 Å². The molecule has 148 valence electrons. The quantitative estimate of drug-likeness (QED) is 0.552. The molecule has 29 heavy (non-hydrogen) atoms. The van der Waals surface area contributed by atoms with Crippen LogP contribution in [0.4, 0.5) is 5.69 Å². The zero-order valence-electron chi connectivity index (χ0n) is 15.7. The first-order valence-electron chi connectivity index (χ1n) is 8.59. The summed E-state index contributed by atoms with van der Waals surface area (Å²) in [5, 5.41) is 20.3. The minimum Gasteiger partial charge on any atom is -0.484 e. The van der Waals surface area contributed by atoms with E-state index in [4.69, 9.17) is 26.0 Å². The Morgan fingerprint density at radius 3 is 2.83 bits per heavy atom. The molecule has 1 heterocycles. The lowest BCUT2D eigenvalue weighted by Crippen LogP contribution is -2.15. The van der Waals surface area contributed by atoms with Gasteiger partial charge in [-0.15, -0.1) is 10.2 Å². The van der Waals surface area contributed by atoms with Crippen molar-refractivity contribution in [2.24, 2.45) is 0 Å². The molecule has 0 aliphatic rings. The Bertz CT molecular complexity index is 1080. The number of carbonyl (C=O) groups excluding carboxylic acids is 1. The second-order valence-electron chi connectivity index (χ2n) is 6.14. The molecule has 2 aromatic carbocycles. The molecule has 0 saturated carbocycles. The van der Waals surface area contributed by atoms with Gasteiger partial charge in [0.2, 0.25) is 5.91 Å². The fourth-order valence-corrected chi connectivity index (χ4v) is 3.09. The molecule has 9 heteroatoms. The molecule has 3 rings (SSSR count). The van der Waals surface area contributed by atoms with Crippen molar-refractivity contribution in [1.82, 2.24) is 10.2 Å². The van der Waals surface area contributed by atoms with E-state index in [2.05, 4.69) is 15.5 Å². The number of amides is 1. The Labute approximate surface area is 177 Å². The average molecular weight is 429 g/mol. The number of hydrogen-bond acceptors (Lipinski definition) is 7. The van der Waals surface area contributed by atoms with Crippen molar-refractivity contribution in [3.05, 3.63) is 64.0 Å². The number of rotatable bonds is 7. The monoisotopic (exact) mass is 428 g/mol. The first kappa shape index (κ1) is 20.7. The van der Waals surface area contributed by atoms with Gasteiger partial charge in [0.15, 0.2) is 6.61 Å². The minimum absolute atomic E-state index is 0.0387. The number of halogens is 1. The first-order chi connectivity index (χ1) is 13.9. The third-order valence-corrected chi connectivity index (χ3v) is 5.05. The fourth-order valence-electron chi connectivity index (χ4n) is 2.33. The highest BCUT2D eigenvalue weighted by Gasteiger charge is 2.12. The van der Waals surface area contributed by atoms with E-state index in [1.165, 1.54) is 11.6 Å². The predicted molar refractivity (Wildman–Crippen MR) is 110 cm³/mol. The normalized spacial score (nSPS) is 10.4. The van der Waals surface area contributed by atoms with Crippen molar-refractivity contribution in [2.45, 2.75) is 25.7 Å². The first-order valence-corrected chi connectivity index (χ1v) is 9.95. The number of thioether (sulfide) groups is 1. The summed E-state index contributed by atoms with van der Waals surface area (Å²) in [5.74, 6) is 0.749. The molecule has 0 atom stereocenters. The molecule has 3 aromatic rings. The summed E-state index contributed by atoms with van der Waals surface area (Å²) in [6.45, 7) is 4.18. The van der Waals surface area contributed by atoms with Gasteiger partial charge in [0, 0.05) is 5.02 Å². The lowest BCUT2D eigenvalue weighted by atomic mass is 10.1. The van der Waals surface area contributed by atoms with E-state index in [0.29, 0.717) is 22.2 Å². The van der Waals surface area contributed by atoms with Crippen LogP contribution in [0.15, 0.2) is 46.0 Å². The summed E-state index contributed by atoms with van der Waals surface area (Å²) in [6.07, 6.45) is 0. The van der Waals surface area contributed by atoms with Crippen LogP contribution in [-0.4, -0.2) is 21.9 Å². The van der Waals surface area contributed by atoms with Gasteiger partial charge in [0.05, 0.1) is 17.0 Å². The van der Waals surface area contributed by atoms with Gasteiger partial charge >= 0.3 is 0 Å². The maximum atomic E-state index is 12.1. The van der Waals surface area contributed by atoms with Crippen LogP contribution in [0.3, 0.4) is 0 Å². The van der Waals surface area contributed by atoms with Crippen LogP contribution in [0.25, 0.3) is 0 Å². The molecule has 0 saturated heterocycles. The number of benzene rings is 2. The highest BCUT2D eigenvalue weighted by atomic mass is 35.5. The highest BCUT2D eigenvalue weighted by molar-refractivity contribution is 7.99. The number of aryl methyl sites for hydroxylation is 2. The van der Waals surface area contributed by atoms with Crippen LogP contribution in [0.5, 0.6) is 5.75 Å². The third-order valence-electron chi connectivity index (χ3n) is 3.99. The minimum atomic E-state index is -0.320. The van der Waals surface area contributed by atoms with Crippen molar-refractivity contribution >= 4 is 35.0 Å². The Balaban J connectivity index is 1.51. The van der Waals surface area contributed by atoms with E-state index in [9.17, 15) is 4.79 Å². The van der Waals surface area contributed by atoms with Gasteiger partial charge in [0.25, 0.3) is 11.1 Å². The Kier molecular flexibility index (Phi) is 6.75. The topological polar surface area (TPSA) is 101 Å². The number of anilines is 1. The van der Waals surface area contributed by atoms with Crippen LogP contribution in [0.2, 0.25) is 5.02 Å². The van der Waals surface area contributed by atoms with E-state index >= 15 is 0 Å². The van der Waals surface area contributed by atoms with Crippen LogP contribution >= 0.6 is 23.4 Å². The van der Waals surface area contributed by atoms with Gasteiger partial charge in [-0.3, -0.25) is 4.79 Å². The largest absolute Gasteiger partial charge is 0.484 e. The van der Waals surface area contributed by atoms with E-state index in [0.717, 1.165) is 23.1 Å². The SMILES string of the molecule is Cc1ccc(OCc2nnc(SCC(=O)Nc3cc(Cl)ccc3C#N)o2)cc1C. The molecule has 1 amide bonds. The Hall–Kier alpha value is -3.02. The van der Waals surface area contributed by atoms with Gasteiger partial charge in [0.1, 0.15) is 11.8 Å². The Morgan fingerprint density at radius 2 is 2.07 bits per heavy atom. The molecule has 0 aliphatic carbocycles. The number of hydrogen-bond donors (Lipinski definition) is 1. The number of nitrogens with one attached hydrogen (secondary N) is 1. The zero-order valence-corrected chi connectivity index (χ0v) is 17.3. The molecule has 0 aliphatic heterocycles. The number of carbonyl (C=O) groups is 1. The van der Waals surface area contributed by atoms with Gasteiger partial charge in [-0.1, -0.05) is 29.4 Å². The standard InChI is InChI=1S/C20H17ClN4O3S/c1-12-3-6-16(7-13(12)2)27-10-19-24-25-20(28-19)29-11-18(26)23-17-8-15(21)5-4-14(17)9-22/h3-8H,10-11H2,1-2H3,(H,23,26). The number of nitrogens with zero attached hydrogens (tertiary/aromatic N) is 3. The Morgan fingerprint density at radius 1 is 1.24 bits per heavy atom. The molecule has 0 unspecified atom stereocenters. The predicted octanol–water partition coefficient (Wildman–Crippen LogP) is 4.52. The van der Waals surface area contributed by atoms with Gasteiger partial charge in [-0.25, -0.2) is 0 Å². The lowest BCUT2D eigenvalue weighted by Gasteiger charge is -2.06. The van der Waals surface area contributed by atoms with Crippen LogP contribution in [0.1, 0.15) is 22.6 Å². The summed E-state index contributed by atoms with van der Waals surface area (Å²) < 4.78 is 11.1. The van der Waals surface area contributed by atoms with E-state index in [1.54, 1.807) is 12.1 Å². The molecule has 0 bridgehead atoms. The number of nitriles is 1. The average Bonchev–Trinajstić information content (AvgIpc) is 3.15. The molecule has 0 spiro atoms. The van der Waals surface area contributed by atoms with Gasteiger partial charge < -0.3 is 14.5 Å². The molecule has 1 N–H and O–H groups in total. The summed E-state index contributed by atoms with van der Waals surface area (Å²) in [7, 11) is 0. The second-order valence-corrected chi connectivity index (χ2v) is 7.50. The van der Waals surface area contributed by atoms with E-state index < -0.39 is 0 Å². The summed E-state index contributed by atoms with van der Waals surface area (Å²) >= 11 is 7.00. The summed E-state index contributed by atoms with van der Waals surface area (Å²) in [4.78, 5) is 12.1. The molecule has 7 nitrogen and oxygen atoms in total. The fraction of sp³-hybridized carbons (Fsp3) is 0.200. The molecule has 0 radical (unpaired) electrons. The van der Waals surface area contributed by atoms with Crippen molar-refractivity contribution in [3.8, 4) is 11.8 Å². The van der Waals surface area contributed by atoms with Crippen LogP contribution in [0, 0.1) is 25.2 Å². The lowest BCUT2D eigenvalue weighted by molar-refractivity contribution is -0.113. The van der Waals surface area contributed by atoms with Gasteiger partial charge in [-0.05, 0) is 55.3 Å². The highest BCUT2D eigenvalue weighted by Crippen LogP contribution is 2.22. The molecule has 1 aromatic heterocycles. The van der Waals surface area contributed by atoms with Crippen molar-refractivity contribution < 1.29 is 13.9 Å². The summed E-state index contributed by atoms with van der Waals surface area (Å²) in [6, 6.07) is 12.5. The van der Waals surface area contributed by atoms with Gasteiger partial charge in [-0.2, -0.15) is 5.26 Å². The zero-order chi connectivity index (χ0) is 20.8. The molecule has 0 fully saturated rings. The van der Waals surface area contributed by atoms with Crippen LogP contribution in [-0.2, 0) is 11.4 Å². The smallest absolute Gasteiger partial charge is 0.277 e. The van der Waals surface area contributed by atoms with Crippen LogP contribution < -0.4 is 10.1 Å². The maximum Gasteiger partial charge on any atom is 0.277 e. The van der Waals surface area contributed by atoms with Crippen molar-refractivity contribution in [3.63, 3.8) is 0 Å². The molecular formula is C20H17ClN4O3S. The van der Waals surface area contributed by atoms with E-state index in [1.807, 2.05) is 38.1 Å². The number of ether oxygens (including phenoxy) is 1. The van der Waals surface area contributed by atoms with Crippen molar-refractivity contribution in [2.75, 3.05) is 11.1 Å². The molecular weight excluding hydrogens is 412 g/mol. The third kappa shape index (κ3) is 5.73. The maximum absolute atomic E-state index is 12.1. The van der Waals surface area contributed by atoms with E-state index in [-0.39, 0.29) is 23.5 Å². The summed E-state index contributed by atoms with van der Waals surface area (Å²) in [5.41, 5.74) is 3.01. The second kappa shape index (κ2) is 9.45.